The molecule has 5 heteroatoms. The number of carbonyl (C=O) groups is 2. The Bertz CT molecular complexity index is 727. The minimum absolute atomic E-state index is 0.0106. The number of nitrogens with zero attached hydrogens (tertiary/aromatic N) is 1. The van der Waals surface area contributed by atoms with Gasteiger partial charge in [0.1, 0.15) is 5.82 Å². The summed E-state index contributed by atoms with van der Waals surface area (Å²) in [5.74, 6) is -0.563. The van der Waals surface area contributed by atoms with E-state index in [2.05, 4.69) is 5.32 Å². The summed E-state index contributed by atoms with van der Waals surface area (Å²) in [6.07, 6.45) is 2.21. The predicted octanol–water partition coefficient (Wildman–Crippen LogP) is 2.68. The van der Waals surface area contributed by atoms with Crippen LogP contribution in [0.15, 0.2) is 54.6 Å². The van der Waals surface area contributed by atoms with E-state index in [9.17, 15) is 14.0 Å². The molecule has 4 nitrogen and oxygen atoms in total. The molecule has 0 atom stereocenters. The average molecular weight is 340 g/mol. The lowest BCUT2D eigenvalue weighted by Gasteiger charge is -2.23. The van der Waals surface area contributed by atoms with Crippen molar-refractivity contribution < 1.29 is 14.0 Å². The number of nitrogens with one attached hydrogen (secondary N) is 1. The van der Waals surface area contributed by atoms with Gasteiger partial charge >= 0.3 is 0 Å². The lowest BCUT2D eigenvalue weighted by molar-refractivity contribution is -0.133. The minimum atomic E-state index is -0.291. The Balaban J connectivity index is 1.52. The van der Waals surface area contributed by atoms with Crippen LogP contribution in [0.1, 0.15) is 24.0 Å². The summed E-state index contributed by atoms with van der Waals surface area (Å²) in [5, 5.41) is 2.70. The second-order valence-electron chi connectivity index (χ2n) is 6.32. The Hall–Kier alpha value is -2.69. The van der Waals surface area contributed by atoms with Crippen molar-refractivity contribution in [2.24, 2.45) is 0 Å². The zero-order chi connectivity index (χ0) is 17.6. The summed E-state index contributed by atoms with van der Waals surface area (Å²) in [6, 6.07) is 15.8. The first-order chi connectivity index (χ1) is 12.1. The largest absolute Gasteiger partial charge is 0.347 e. The van der Waals surface area contributed by atoms with Gasteiger partial charge in [-0.3, -0.25) is 9.59 Å². The van der Waals surface area contributed by atoms with E-state index in [1.165, 1.54) is 12.1 Å². The number of hydrogen-bond donors (Lipinski definition) is 1. The summed E-state index contributed by atoms with van der Waals surface area (Å²) >= 11 is 0. The Morgan fingerprint density at radius 1 is 1.00 bits per heavy atom. The molecule has 1 saturated carbocycles. The van der Waals surface area contributed by atoms with Crippen LogP contribution in [0.25, 0.3) is 0 Å². The van der Waals surface area contributed by atoms with Crippen molar-refractivity contribution in [1.82, 2.24) is 10.2 Å². The Morgan fingerprint density at radius 2 is 1.68 bits per heavy atom. The van der Waals surface area contributed by atoms with Gasteiger partial charge in [0.25, 0.3) is 0 Å². The maximum atomic E-state index is 13.0. The third-order valence-electron chi connectivity index (χ3n) is 4.22. The van der Waals surface area contributed by atoms with Crippen molar-refractivity contribution in [3.8, 4) is 0 Å². The van der Waals surface area contributed by atoms with E-state index in [-0.39, 0.29) is 36.6 Å². The van der Waals surface area contributed by atoms with Crippen molar-refractivity contribution in [1.29, 1.82) is 0 Å². The van der Waals surface area contributed by atoms with Crippen molar-refractivity contribution in [2.45, 2.75) is 31.8 Å². The quantitative estimate of drug-likeness (QED) is 0.842. The van der Waals surface area contributed by atoms with Gasteiger partial charge in [-0.05, 0) is 36.1 Å². The Morgan fingerprint density at radius 3 is 2.32 bits per heavy atom. The van der Waals surface area contributed by atoms with E-state index in [0.717, 1.165) is 24.0 Å². The van der Waals surface area contributed by atoms with Gasteiger partial charge in [0.15, 0.2) is 0 Å². The fraction of sp³-hybridized carbons (Fsp3) is 0.300. The zero-order valence-electron chi connectivity index (χ0n) is 14.0. The molecular weight excluding hydrogens is 319 g/mol. The number of halogens is 1. The molecule has 1 N–H and O–H groups in total. The van der Waals surface area contributed by atoms with Crippen molar-refractivity contribution in [3.05, 3.63) is 71.5 Å². The minimum Gasteiger partial charge on any atom is -0.347 e. The van der Waals surface area contributed by atoms with E-state index >= 15 is 0 Å². The first-order valence-corrected chi connectivity index (χ1v) is 8.46. The molecular formula is C20H21FN2O2. The van der Waals surface area contributed by atoms with Gasteiger partial charge in [-0.2, -0.15) is 0 Å². The molecule has 1 aliphatic rings. The first kappa shape index (κ1) is 17.1. The molecule has 0 bridgehead atoms. The van der Waals surface area contributed by atoms with Gasteiger partial charge in [-0.15, -0.1) is 0 Å². The summed E-state index contributed by atoms with van der Waals surface area (Å²) < 4.78 is 13.0. The lowest BCUT2D eigenvalue weighted by Crippen LogP contribution is -2.41. The van der Waals surface area contributed by atoms with Crippen molar-refractivity contribution in [2.75, 3.05) is 6.54 Å². The first-order valence-electron chi connectivity index (χ1n) is 8.46. The fourth-order valence-electron chi connectivity index (χ4n) is 2.71. The number of rotatable bonds is 7. The SMILES string of the molecule is O=C(Cc1ccccc1)NCC(=O)N(Cc1ccc(F)cc1)C1CC1. The van der Waals surface area contributed by atoms with E-state index < -0.39 is 0 Å². The van der Waals surface area contributed by atoms with Crippen LogP contribution in [0, 0.1) is 5.82 Å². The van der Waals surface area contributed by atoms with Crippen LogP contribution in [0.4, 0.5) is 4.39 Å². The zero-order valence-corrected chi connectivity index (χ0v) is 14.0. The molecule has 2 aromatic rings. The molecule has 1 fully saturated rings. The lowest BCUT2D eigenvalue weighted by atomic mass is 10.1. The molecule has 0 unspecified atom stereocenters. The summed E-state index contributed by atoms with van der Waals surface area (Å²) in [4.78, 5) is 26.3. The van der Waals surface area contributed by atoms with Crippen LogP contribution in [-0.2, 0) is 22.6 Å². The molecule has 130 valence electrons. The predicted molar refractivity (Wildman–Crippen MR) is 93.1 cm³/mol. The molecule has 0 aromatic heterocycles. The van der Waals surface area contributed by atoms with E-state index in [4.69, 9.17) is 0 Å². The van der Waals surface area contributed by atoms with Gasteiger partial charge in [0.05, 0.1) is 13.0 Å². The summed E-state index contributed by atoms with van der Waals surface area (Å²) in [6.45, 7) is 0.432. The molecule has 0 spiro atoms. The molecule has 1 aliphatic carbocycles. The molecule has 0 aliphatic heterocycles. The van der Waals surface area contributed by atoms with Crippen LogP contribution in [-0.4, -0.2) is 29.3 Å². The van der Waals surface area contributed by atoms with Gasteiger partial charge in [-0.25, -0.2) is 4.39 Å². The normalized spacial score (nSPS) is 13.3. The van der Waals surface area contributed by atoms with E-state index in [1.807, 2.05) is 30.3 Å². The summed E-state index contributed by atoms with van der Waals surface area (Å²) in [7, 11) is 0. The highest BCUT2D eigenvalue weighted by atomic mass is 19.1. The van der Waals surface area contributed by atoms with Gasteiger partial charge in [-0.1, -0.05) is 42.5 Å². The average Bonchev–Trinajstić information content (AvgIpc) is 3.45. The third-order valence-corrected chi connectivity index (χ3v) is 4.22. The molecule has 3 rings (SSSR count). The number of amides is 2. The second-order valence-corrected chi connectivity index (χ2v) is 6.32. The third kappa shape index (κ3) is 5.14. The monoisotopic (exact) mass is 340 g/mol. The maximum Gasteiger partial charge on any atom is 0.242 e. The van der Waals surface area contributed by atoms with Crippen molar-refractivity contribution >= 4 is 11.8 Å². The topological polar surface area (TPSA) is 49.4 Å². The second kappa shape index (κ2) is 7.92. The molecule has 0 saturated heterocycles. The van der Waals surface area contributed by atoms with E-state index in [0.29, 0.717) is 6.54 Å². The van der Waals surface area contributed by atoms with Crippen LogP contribution in [0.2, 0.25) is 0 Å². The molecule has 0 radical (unpaired) electrons. The van der Waals surface area contributed by atoms with Crippen LogP contribution in [0.5, 0.6) is 0 Å². The van der Waals surface area contributed by atoms with Gasteiger partial charge < -0.3 is 10.2 Å². The maximum absolute atomic E-state index is 13.0. The Kier molecular flexibility index (Phi) is 5.43. The number of hydrogen-bond acceptors (Lipinski definition) is 2. The smallest absolute Gasteiger partial charge is 0.242 e. The summed E-state index contributed by atoms with van der Waals surface area (Å²) in [5.41, 5.74) is 1.80. The highest BCUT2D eigenvalue weighted by molar-refractivity contribution is 5.86. The standard InChI is InChI=1S/C20H21FN2O2/c21-17-8-6-16(7-9-17)14-23(18-10-11-18)20(25)13-22-19(24)12-15-4-2-1-3-5-15/h1-9,18H,10-14H2,(H,22,24). The Labute approximate surface area is 146 Å². The van der Waals surface area contributed by atoms with Crippen molar-refractivity contribution in [3.63, 3.8) is 0 Å². The van der Waals surface area contributed by atoms with Crippen LogP contribution >= 0.6 is 0 Å². The van der Waals surface area contributed by atoms with Crippen LogP contribution < -0.4 is 5.32 Å². The molecule has 0 heterocycles. The van der Waals surface area contributed by atoms with E-state index in [1.54, 1.807) is 17.0 Å². The molecule has 2 aromatic carbocycles. The molecule has 2 amide bonds. The van der Waals surface area contributed by atoms with Gasteiger partial charge in [0, 0.05) is 12.6 Å². The number of benzene rings is 2. The molecule has 25 heavy (non-hydrogen) atoms. The van der Waals surface area contributed by atoms with Gasteiger partial charge in [0.2, 0.25) is 11.8 Å². The number of carbonyl (C=O) groups excluding carboxylic acids is 2. The highest BCUT2D eigenvalue weighted by Gasteiger charge is 2.32. The highest BCUT2D eigenvalue weighted by Crippen LogP contribution is 2.28. The fourth-order valence-corrected chi connectivity index (χ4v) is 2.71. The van der Waals surface area contributed by atoms with Crippen LogP contribution in [0.3, 0.4) is 0 Å².